The van der Waals surface area contributed by atoms with Crippen LogP contribution in [-0.2, 0) is 9.59 Å². The minimum atomic E-state index is -0.627. The zero-order chi connectivity index (χ0) is 17.1. The van der Waals surface area contributed by atoms with Gasteiger partial charge in [-0.2, -0.15) is 0 Å². The van der Waals surface area contributed by atoms with E-state index in [0.29, 0.717) is 5.13 Å². The second-order valence-corrected chi connectivity index (χ2v) is 6.63. The lowest BCUT2D eigenvalue weighted by Crippen LogP contribution is -2.38. The molecule has 1 saturated heterocycles. The van der Waals surface area contributed by atoms with Gasteiger partial charge in [0.2, 0.25) is 5.91 Å². The molecular weight excluding hydrogens is 396 g/mol. The third-order valence-electron chi connectivity index (χ3n) is 3.12. The number of halogens is 1. The van der Waals surface area contributed by atoms with Gasteiger partial charge in [-0.1, -0.05) is 28.1 Å². The van der Waals surface area contributed by atoms with Crippen LogP contribution in [0.25, 0.3) is 6.08 Å². The Morgan fingerprint density at radius 3 is 2.75 bits per heavy atom. The molecule has 0 unspecified atom stereocenters. The number of hydrogen-bond donors (Lipinski definition) is 2. The van der Waals surface area contributed by atoms with Crippen molar-refractivity contribution in [2.75, 3.05) is 11.9 Å². The molecule has 1 fully saturated rings. The summed E-state index contributed by atoms with van der Waals surface area (Å²) in [5, 5.41) is 7.13. The molecule has 1 aromatic carbocycles. The molecule has 0 atom stereocenters. The summed E-state index contributed by atoms with van der Waals surface area (Å²) < 4.78 is 0.909. The topological polar surface area (TPSA) is 91.4 Å². The molecule has 0 bridgehead atoms. The van der Waals surface area contributed by atoms with Crippen molar-refractivity contribution >= 4 is 56.3 Å². The third kappa shape index (κ3) is 3.69. The smallest absolute Gasteiger partial charge is 0.303 e. The highest BCUT2D eigenvalue weighted by atomic mass is 79.9. The van der Waals surface area contributed by atoms with Crippen molar-refractivity contribution in [1.29, 1.82) is 0 Å². The van der Waals surface area contributed by atoms with Crippen LogP contribution in [0.2, 0.25) is 0 Å². The third-order valence-corrected chi connectivity index (χ3v) is 4.34. The van der Waals surface area contributed by atoms with E-state index in [1.54, 1.807) is 29.8 Å². The van der Waals surface area contributed by atoms with Crippen molar-refractivity contribution < 1.29 is 14.4 Å². The molecule has 0 aliphatic carbocycles. The number of carbonyl (C=O) groups is 3. The van der Waals surface area contributed by atoms with E-state index >= 15 is 0 Å². The number of aromatic nitrogens is 1. The quantitative estimate of drug-likeness (QED) is 0.602. The van der Waals surface area contributed by atoms with Gasteiger partial charge in [0.05, 0.1) is 0 Å². The molecule has 0 radical (unpaired) electrons. The fourth-order valence-electron chi connectivity index (χ4n) is 2.03. The van der Waals surface area contributed by atoms with Gasteiger partial charge in [-0.3, -0.25) is 9.59 Å². The Morgan fingerprint density at radius 1 is 1.33 bits per heavy atom. The van der Waals surface area contributed by atoms with E-state index in [2.05, 4.69) is 31.5 Å². The first kappa shape index (κ1) is 16.3. The number of nitrogens with zero attached hydrogens (tertiary/aromatic N) is 2. The summed E-state index contributed by atoms with van der Waals surface area (Å²) in [6.07, 6.45) is 3.11. The Bertz CT molecular complexity index is 818. The molecule has 4 amide bonds. The minimum Gasteiger partial charge on any atom is -0.303 e. The van der Waals surface area contributed by atoms with E-state index in [4.69, 9.17) is 0 Å². The second kappa shape index (κ2) is 6.93. The van der Waals surface area contributed by atoms with Crippen molar-refractivity contribution in [3.05, 3.63) is 51.6 Å². The van der Waals surface area contributed by atoms with Crippen molar-refractivity contribution in [3.8, 4) is 0 Å². The molecule has 24 heavy (non-hydrogen) atoms. The molecule has 122 valence electrons. The van der Waals surface area contributed by atoms with Crippen molar-refractivity contribution in [3.63, 3.8) is 0 Å². The molecule has 7 nitrogen and oxygen atoms in total. The number of imide groups is 1. The van der Waals surface area contributed by atoms with Gasteiger partial charge >= 0.3 is 6.03 Å². The van der Waals surface area contributed by atoms with Gasteiger partial charge in [-0.05, 0) is 23.8 Å². The van der Waals surface area contributed by atoms with E-state index in [9.17, 15) is 14.4 Å². The number of carbonyl (C=O) groups excluding carboxylic acids is 3. The minimum absolute atomic E-state index is 0.129. The summed E-state index contributed by atoms with van der Waals surface area (Å²) in [6.45, 7) is -0.373. The number of anilines is 1. The summed E-state index contributed by atoms with van der Waals surface area (Å²) in [4.78, 5) is 40.9. The van der Waals surface area contributed by atoms with Crippen molar-refractivity contribution in [2.45, 2.75) is 0 Å². The number of amides is 4. The number of benzene rings is 1. The second-order valence-electron chi connectivity index (χ2n) is 4.82. The van der Waals surface area contributed by atoms with Gasteiger partial charge < -0.3 is 10.6 Å². The molecule has 1 aromatic heterocycles. The van der Waals surface area contributed by atoms with Crippen molar-refractivity contribution in [1.82, 2.24) is 15.2 Å². The Balaban J connectivity index is 1.69. The molecule has 0 spiro atoms. The summed E-state index contributed by atoms with van der Waals surface area (Å²) in [6, 6.07) is 6.63. The monoisotopic (exact) mass is 406 g/mol. The highest BCUT2D eigenvalue weighted by Gasteiger charge is 2.34. The van der Waals surface area contributed by atoms with Gasteiger partial charge in [0.15, 0.2) is 5.13 Å². The lowest BCUT2D eigenvalue weighted by molar-refractivity contribution is -0.127. The summed E-state index contributed by atoms with van der Waals surface area (Å²) in [5.41, 5.74) is 0.889. The largest absolute Gasteiger partial charge is 0.329 e. The number of urea groups is 1. The maximum atomic E-state index is 12.3. The molecule has 1 aliphatic rings. The van der Waals surface area contributed by atoms with Crippen LogP contribution in [0.5, 0.6) is 0 Å². The normalized spacial score (nSPS) is 15.7. The first-order valence-corrected chi connectivity index (χ1v) is 8.49. The number of nitrogens with one attached hydrogen (secondary N) is 2. The first-order chi connectivity index (χ1) is 11.5. The van der Waals surface area contributed by atoms with E-state index in [-0.39, 0.29) is 12.2 Å². The number of thiazole rings is 1. The Kier molecular flexibility index (Phi) is 4.72. The maximum Gasteiger partial charge on any atom is 0.329 e. The first-order valence-electron chi connectivity index (χ1n) is 6.82. The predicted molar refractivity (Wildman–Crippen MR) is 93.1 cm³/mol. The van der Waals surface area contributed by atoms with Crippen LogP contribution in [0.1, 0.15) is 5.56 Å². The van der Waals surface area contributed by atoms with Gasteiger partial charge in [0.1, 0.15) is 12.2 Å². The molecule has 2 aromatic rings. The van der Waals surface area contributed by atoms with Gasteiger partial charge in [-0.15, -0.1) is 11.3 Å². The highest BCUT2D eigenvalue weighted by molar-refractivity contribution is 9.10. The van der Waals surface area contributed by atoms with Crippen LogP contribution in [0, 0.1) is 0 Å². The zero-order valence-electron chi connectivity index (χ0n) is 12.2. The number of rotatable bonds is 4. The zero-order valence-corrected chi connectivity index (χ0v) is 14.6. The molecular formula is C15H11BrN4O3S. The molecule has 1 aliphatic heterocycles. The van der Waals surface area contributed by atoms with Crippen LogP contribution in [0.3, 0.4) is 0 Å². The predicted octanol–water partition coefficient (Wildman–Crippen LogP) is 2.44. The van der Waals surface area contributed by atoms with Crippen molar-refractivity contribution in [2.24, 2.45) is 0 Å². The lowest BCUT2D eigenvalue weighted by Gasteiger charge is -2.10. The Hall–Kier alpha value is -2.52. The summed E-state index contributed by atoms with van der Waals surface area (Å²) in [7, 11) is 0. The molecule has 0 saturated carbocycles. The van der Waals surface area contributed by atoms with E-state index in [1.807, 2.05) is 12.1 Å². The summed E-state index contributed by atoms with van der Waals surface area (Å²) in [5.74, 6) is -1.03. The standard InChI is InChI=1S/C15H11BrN4O3S/c16-10-3-1-9(2-4-10)7-11-13(22)20(15(23)18-11)8-12(21)19-14-17-5-6-24-14/h1-7H,8H2,(H,18,23)(H,17,19,21)/b11-7-. The SMILES string of the molecule is O=C(CN1C(=O)N/C(=C\c2ccc(Br)cc2)C1=O)Nc1nccs1. The highest BCUT2D eigenvalue weighted by Crippen LogP contribution is 2.17. The average Bonchev–Trinajstić information content (AvgIpc) is 3.14. The maximum absolute atomic E-state index is 12.3. The van der Waals surface area contributed by atoms with Gasteiger partial charge in [0.25, 0.3) is 5.91 Å². The summed E-state index contributed by atoms with van der Waals surface area (Å²) >= 11 is 4.58. The average molecular weight is 407 g/mol. The number of hydrogen-bond acceptors (Lipinski definition) is 5. The molecule has 2 N–H and O–H groups in total. The van der Waals surface area contributed by atoms with E-state index in [1.165, 1.54) is 11.3 Å². The van der Waals surface area contributed by atoms with Crippen LogP contribution in [-0.4, -0.2) is 34.3 Å². The van der Waals surface area contributed by atoms with Gasteiger partial charge in [0, 0.05) is 16.0 Å². The Morgan fingerprint density at radius 2 is 2.08 bits per heavy atom. The van der Waals surface area contributed by atoms with Crippen LogP contribution in [0.4, 0.5) is 9.93 Å². The van der Waals surface area contributed by atoms with Crippen LogP contribution >= 0.6 is 27.3 Å². The molecule has 9 heteroatoms. The van der Waals surface area contributed by atoms with E-state index in [0.717, 1.165) is 14.9 Å². The fraction of sp³-hybridized carbons (Fsp3) is 0.0667. The van der Waals surface area contributed by atoms with Gasteiger partial charge in [-0.25, -0.2) is 14.7 Å². The molecule has 2 heterocycles. The fourth-order valence-corrected chi connectivity index (χ4v) is 2.84. The van der Waals surface area contributed by atoms with Crippen LogP contribution in [0.15, 0.2) is 46.0 Å². The lowest BCUT2D eigenvalue weighted by atomic mass is 10.2. The van der Waals surface area contributed by atoms with Crippen LogP contribution < -0.4 is 10.6 Å². The molecule has 3 rings (SSSR count). The Labute approximate surface area is 149 Å². The van der Waals surface area contributed by atoms with E-state index < -0.39 is 17.8 Å².